The standard InChI is InChI=1S/C8H18N2O2.C2H2O4/c1-8(2,9)4-3-7(12)10-5-6-11;3-1(4)2(5)6/h11H,3-6,9H2,1-2H3,(H,10,12);(H,3,4)(H,5,6). The first-order valence-corrected chi connectivity index (χ1v) is 5.23. The highest BCUT2D eigenvalue weighted by molar-refractivity contribution is 6.27. The van der Waals surface area contributed by atoms with E-state index in [1.807, 2.05) is 13.8 Å². The fourth-order valence-corrected chi connectivity index (χ4v) is 0.719. The topological polar surface area (TPSA) is 150 Å². The Morgan fingerprint density at radius 2 is 1.61 bits per heavy atom. The molecule has 0 heterocycles. The Balaban J connectivity index is 0. The molecule has 0 bridgehead atoms. The van der Waals surface area contributed by atoms with E-state index in [0.29, 0.717) is 19.4 Å². The molecule has 8 nitrogen and oxygen atoms in total. The van der Waals surface area contributed by atoms with Gasteiger partial charge in [-0.2, -0.15) is 0 Å². The highest BCUT2D eigenvalue weighted by Crippen LogP contribution is 2.06. The maximum atomic E-state index is 11.0. The maximum Gasteiger partial charge on any atom is 0.414 e. The summed E-state index contributed by atoms with van der Waals surface area (Å²) in [6.07, 6.45) is 1.08. The molecular weight excluding hydrogens is 244 g/mol. The van der Waals surface area contributed by atoms with Gasteiger partial charge in [-0.25, -0.2) is 9.59 Å². The van der Waals surface area contributed by atoms with Crippen molar-refractivity contribution in [2.75, 3.05) is 13.2 Å². The number of hydrogen-bond acceptors (Lipinski definition) is 5. The molecular formula is C10H20N2O6. The van der Waals surface area contributed by atoms with Crippen LogP contribution in [0.3, 0.4) is 0 Å². The van der Waals surface area contributed by atoms with Crippen LogP contribution in [0.1, 0.15) is 26.7 Å². The third kappa shape index (κ3) is 16.7. The smallest absolute Gasteiger partial charge is 0.414 e. The minimum absolute atomic E-state index is 0.0161. The van der Waals surface area contributed by atoms with E-state index in [9.17, 15) is 4.79 Å². The summed E-state index contributed by atoms with van der Waals surface area (Å²) in [5, 5.41) is 25.7. The lowest BCUT2D eigenvalue weighted by atomic mass is 10.00. The van der Waals surface area contributed by atoms with E-state index < -0.39 is 11.9 Å². The van der Waals surface area contributed by atoms with Crippen LogP contribution >= 0.6 is 0 Å². The van der Waals surface area contributed by atoms with Crippen molar-refractivity contribution in [2.24, 2.45) is 5.73 Å². The van der Waals surface area contributed by atoms with Crippen molar-refractivity contribution >= 4 is 17.8 Å². The number of carbonyl (C=O) groups is 3. The van der Waals surface area contributed by atoms with E-state index >= 15 is 0 Å². The van der Waals surface area contributed by atoms with Crippen LogP contribution in [-0.2, 0) is 14.4 Å². The predicted molar refractivity (Wildman–Crippen MR) is 62.9 cm³/mol. The molecule has 106 valence electrons. The van der Waals surface area contributed by atoms with E-state index in [2.05, 4.69) is 5.32 Å². The lowest BCUT2D eigenvalue weighted by Gasteiger charge is -2.17. The Labute approximate surface area is 105 Å². The summed E-state index contributed by atoms with van der Waals surface area (Å²) < 4.78 is 0. The van der Waals surface area contributed by atoms with Crippen molar-refractivity contribution < 1.29 is 29.7 Å². The van der Waals surface area contributed by atoms with Gasteiger partial charge in [-0.3, -0.25) is 4.79 Å². The number of aliphatic carboxylic acids is 2. The molecule has 1 amide bonds. The summed E-state index contributed by atoms with van der Waals surface area (Å²) in [5.41, 5.74) is 5.39. The zero-order valence-corrected chi connectivity index (χ0v) is 10.5. The minimum atomic E-state index is -1.82. The fourth-order valence-electron chi connectivity index (χ4n) is 0.719. The minimum Gasteiger partial charge on any atom is -0.473 e. The van der Waals surface area contributed by atoms with Crippen LogP contribution in [-0.4, -0.2) is 51.9 Å². The van der Waals surface area contributed by atoms with Crippen LogP contribution in [0.25, 0.3) is 0 Å². The van der Waals surface area contributed by atoms with Crippen LogP contribution in [0.4, 0.5) is 0 Å². The van der Waals surface area contributed by atoms with Gasteiger partial charge < -0.3 is 26.4 Å². The van der Waals surface area contributed by atoms with Gasteiger partial charge in [0.15, 0.2) is 0 Å². The van der Waals surface area contributed by atoms with Crippen LogP contribution < -0.4 is 11.1 Å². The first-order chi connectivity index (χ1) is 8.10. The molecule has 0 unspecified atom stereocenters. The van der Waals surface area contributed by atoms with E-state index in [4.69, 9.17) is 30.6 Å². The Bertz CT molecular complexity index is 273. The second kappa shape index (κ2) is 9.37. The maximum absolute atomic E-state index is 11.0. The summed E-state index contributed by atoms with van der Waals surface area (Å²) in [6, 6.07) is 0. The molecule has 0 aromatic rings. The van der Waals surface area contributed by atoms with E-state index in [-0.39, 0.29) is 18.1 Å². The SMILES string of the molecule is CC(C)(N)CCC(=O)NCCO.O=C(O)C(=O)O. The number of nitrogens with two attached hydrogens (primary N) is 1. The molecule has 0 aliphatic rings. The molecule has 0 spiro atoms. The van der Waals surface area contributed by atoms with Crippen LogP contribution in [0.5, 0.6) is 0 Å². The summed E-state index contributed by atoms with van der Waals surface area (Å²) >= 11 is 0. The average molecular weight is 264 g/mol. The number of nitrogens with one attached hydrogen (secondary N) is 1. The Morgan fingerprint density at radius 1 is 1.17 bits per heavy atom. The molecule has 8 heteroatoms. The number of amides is 1. The van der Waals surface area contributed by atoms with Crippen molar-refractivity contribution in [1.29, 1.82) is 0 Å². The fraction of sp³-hybridized carbons (Fsp3) is 0.700. The zero-order chi connectivity index (χ0) is 14.8. The normalized spacial score (nSPS) is 10.0. The van der Waals surface area contributed by atoms with Crippen molar-refractivity contribution in [3.05, 3.63) is 0 Å². The van der Waals surface area contributed by atoms with Crippen LogP contribution in [0.15, 0.2) is 0 Å². The second-order valence-electron chi connectivity index (χ2n) is 4.17. The monoisotopic (exact) mass is 264 g/mol. The molecule has 6 N–H and O–H groups in total. The van der Waals surface area contributed by atoms with Crippen molar-refractivity contribution in [1.82, 2.24) is 5.32 Å². The van der Waals surface area contributed by atoms with Gasteiger partial charge in [-0.15, -0.1) is 0 Å². The molecule has 0 saturated carbocycles. The van der Waals surface area contributed by atoms with Gasteiger partial charge in [0.25, 0.3) is 0 Å². The zero-order valence-electron chi connectivity index (χ0n) is 10.5. The third-order valence-corrected chi connectivity index (χ3v) is 1.61. The molecule has 0 saturated heterocycles. The Kier molecular flexibility index (Phi) is 9.73. The number of carboxylic acids is 2. The lowest BCUT2D eigenvalue weighted by molar-refractivity contribution is -0.159. The largest absolute Gasteiger partial charge is 0.473 e. The van der Waals surface area contributed by atoms with Gasteiger partial charge in [0.05, 0.1) is 6.61 Å². The van der Waals surface area contributed by atoms with Crippen LogP contribution in [0.2, 0.25) is 0 Å². The number of rotatable bonds is 5. The average Bonchev–Trinajstić information content (AvgIpc) is 2.23. The number of carboxylic acid groups (broad SMARTS) is 2. The second-order valence-corrected chi connectivity index (χ2v) is 4.17. The van der Waals surface area contributed by atoms with Gasteiger partial charge >= 0.3 is 11.9 Å². The molecule has 0 aliphatic carbocycles. The van der Waals surface area contributed by atoms with Gasteiger partial charge in [-0.1, -0.05) is 0 Å². The third-order valence-electron chi connectivity index (χ3n) is 1.61. The number of aliphatic hydroxyl groups is 1. The predicted octanol–water partition coefficient (Wildman–Crippen LogP) is -1.23. The van der Waals surface area contributed by atoms with Gasteiger partial charge in [0.1, 0.15) is 0 Å². The van der Waals surface area contributed by atoms with E-state index in [1.165, 1.54) is 0 Å². The summed E-state index contributed by atoms with van der Waals surface area (Å²) in [4.78, 5) is 29.2. The Morgan fingerprint density at radius 3 is 1.89 bits per heavy atom. The Hall–Kier alpha value is -1.67. The van der Waals surface area contributed by atoms with E-state index in [1.54, 1.807) is 0 Å². The first-order valence-electron chi connectivity index (χ1n) is 5.23. The summed E-state index contributed by atoms with van der Waals surface area (Å²) in [6.45, 7) is 4.07. The lowest BCUT2D eigenvalue weighted by Crippen LogP contribution is -2.35. The molecule has 0 fully saturated rings. The highest BCUT2D eigenvalue weighted by atomic mass is 16.4. The molecule has 0 atom stereocenters. The first kappa shape index (κ1) is 18.7. The van der Waals surface area contributed by atoms with Crippen molar-refractivity contribution in [3.8, 4) is 0 Å². The van der Waals surface area contributed by atoms with Crippen molar-refractivity contribution in [3.63, 3.8) is 0 Å². The molecule has 0 aromatic carbocycles. The molecule has 0 radical (unpaired) electrons. The van der Waals surface area contributed by atoms with E-state index in [0.717, 1.165) is 0 Å². The molecule has 0 aromatic heterocycles. The number of hydrogen-bond donors (Lipinski definition) is 5. The molecule has 18 heavy (non-hydrogen) atoms. The van der Waals surface area contributed by atoms with Crippen molar-refractivity contribution in [2.45, 2.75) is 32.2 Å². The summed E-state index contributed by atoms with van der Waals surface area (Å²) in [7, 11) is 0. The van der Waals surface area contributed by atoms with Gasteiger partial charge in [0.2, 0.25) is 5.91 Å². The number of aliphatic hydroxyl groups excluding tert-OH is 1. The molecule has 0 aliphatic heterocycles. The van der Waals surface area contributed by atoms with Gasteiger partial charge in [-0.05, 0) is 20.3 Å². The summed E-state index contributed by atoms with van der Waals surface area (Å²) in [5.74, 6) is -3.70. The highest BCUT2D eigenvalue weighted by Gasteiger charge is 2.12. The number of carbonyl (C=O) groups excluding carboxylic acids is 1. The van der Waals surface area contributed by atoms with Gasteiger partial charge in [0, 0.05) is 18.5 Å². The quantitative estimate of drug-likeness (QED) is 0.390. The van der Waals surface area contributed by atoms with Crippen LogP contribution in [0, 0.1) is 0 Å². The molecule has 0 rings (SSSR count).